The van der Waals surface area contributed by atoms with Gasteiger partial charge in [0.1, 0.15) is 5.78 Å². The number of hydrogen-bond donors (Lipinski definition) is 1. The number of carbonyl (C=O) groups excluding carboxylic acids is 2. The molecule has 2 rings (SSSR count). The molecule has 1 aliphatic carbocycles. The van der Waals surface area contributed by atoms with Gasteiger partial charge in [0.25, 0.3) is 0 Å². The van der Waals surface area contributed by atoms with Gasteiger partial charge in [0.15, 0.2) is 5.78 Å². The molecule has 0 spiro atoms. The highest BCUT2D eigenvalue weighted by Gasteiger charge is 2.20. The van der Waals surface area contributed by atoms with E-state index in [-0.39, 0.29) is 11.8 Å². The van der Waals surface area contributed by atoms with Crippen LogP contribution in [0.5, 0.6) is 0 Å². The summed E-state index contributed by atoms with van der Waals surface area (Å²) in [6.45, 7) is 6.18. The Balaban J connectivity index is 1.75. The first kappa shape index (κ1) is 21.7. The van der Waals surface area contributed by atoms with Crippen LogP contribution >= 0.6 is 0 Å². The average molecular weight is 372 g/mol. The Kier molecular flexibility index (Phi) is 9.03. The minimum Gasteiger partial charge on any atom is -0.382 e. The molecule has 1 aromatic rings. The fourth-order valence-corrected chi connectivity index (χ4v) is 3.58. The van der Waals surface area contributed by atoms with Crippen LogP contribution in [0.15, 0.2) is 18.2 Å². The SMILES string of the molecule is CCCCC(=O)C[C@H](C)Nc1ccc(C(=O)CCCCCC2CC2)cc1C. The van der Waals surface area contributed by atoms with E-state index in [2.05, 4.69) is 12.2 Å². The summed E-state index contributed by atoms with van der Waals surface area (Å²) in [6, 6.07) is 6.01. The Hall–Kier alpha value is -1.64. The molecule has 1 atom stereocenters. The van der Waals surface area contributed by atoms with E-state index in [1.54, 1.807) is 0 Å². The van der Waals surface area contributed by atoms with Crippen molar-refractivity contribution in [2.45, 2.75) is 97.4 Å². The molecule has 1 aromatic carbocycles. The standard InChI is InChI=1S/C24H37NO2/c1-4-5-10-22(26)17-19(3)25-23-15-14-21(16-18(23)2)24(27)11-8-6-7-9-20-12-13-20/h14-16,19-20,25H,4-13,17H2,1-3H3/t19-/m0/s1. The zero-order chi connectivity index (χ0) is 19.6. The van der Waals surface area contributed by atoms with Crippen LogP contribution in [-0.4, -0.2) is 17.6 Å². The van der Waals surface area contributed by atoms with Gasteiger partial charge in [0.2, 0.25) is 0 Å². The van der Waals surface area contributed by atoms with E-state index in [1.807, 2.05) is 32.0 Å². The molecule has 1 aliphatic rings. The number of unbranched alkanes of at least 4 members (excludes halogenated alkanes) is 3. The van der Waals surface area contributed by atoms with Gasteiger partial charge in [-0.15, -0.1) is 0 Å². The Morgan fingerprint density at radius 1 is 1.11 bits per heavy atom. The van der Waals surface area contributed by atoms with Crippen molar-refractivity contribution in [1.82, 2.24) is 0 Å². The molecular formula is C24H37NO2. The summed E-state index contributed by atoms with van der Waals surface area (Å²) in [5.41, 5.74) is 2.90. The first-order chi connectivity index (χ1) is 13.0. The number of benzene rings is 1. The number of anilines is 1. The summed E-state index contributed by atoms with van der Waals surface area (Å²) in [7, 11) is 0. The lowest BCUT2D eigenvalue weighted by Gasteiger charge is -2.17. The lowest BCUT2D eigenvalue weighted by Crippen LogP contribution is -2.20. The maximum absolute atomic E-state index is 12.4. The summed E-state index contributed by atoms with van der Waals surface area (Å²) in [5, 5.41) is 3.43. The van der Waals surface area contributed by atoms with Crippen LogP contribution in [0.2, 0.25) is 0 Å². The summed E-state index contributed by atoms with van der Waals surface area (Å²) < 4.78 is 0. The van der Waals surface area contributed by atoms with Crippen molar-refractivity contribution in [3.8, 4) is 0 Å². The van der Waals surface area contributed by atoms with Gasteiger partial charge in [-0.3, -0.25) is 9.59 Å². The molecule has 3 nitrogen and oxygen atoms in total. The molecule has 0 heterocycles. The fraction of sp³-hybridized carbons (Fsp3) is 0.667. The number of aryl methyl sites for hydroxylation is 1. The quantitative estimate of drug-likeness (QED) is 0.300. The minimum absolute atomic E-state index is 0.112. The maximum atomic E-state index is 12.4. The lowest BCUT2D eigenvalue weighted by molar-refractivity contribution is -0.119. The summed E-state index contributed by atoms with van der Waals surface area (Å²) >= 11 is 0. The first-order valence-corrected chi connectivity index (χ1v) is 10.9. The molecule has 1 saturated carbocycles. The monoisotopic (exact) mass is 371 g/mol. The van der Waals surface area contributed by atoms with Gasteiger partial charge in [0.05, 0.1) is 0 Å². The number of Topliss-reactive ketones (excluding diaryl/α,β-unsaturated/α-hetero) is 2. The van der Waals surface area contributed by atoms with Crippen molar-refractivity contribution in [2.75, 3.05) is 5.32 Å². The molecule has 0 saturated heterocycles. The van der Waals surface area contributed by atoms with E-state index < -0.39 is 0 Å². The van der Waals surface area contributed by atoms with Crippen LogP contribution in [0.25, 0.3) is 0 Å². The Labute approximate surface area is 165 Å². The highest BCUT2D eigenvalue weighted by molar-refractivity contribution is 5.96. The number of nitrogens with one attached hydrogen (secondary N) is 1. The molecule has 0 amide bonds. The van der Waals surface area contributed by atoms with E-state index in [1.165, 1.54) is 32.1 Å². The van der Waals surface area contributed by atoms with Crippen molar-refractivity contribution in [3.63, 3.8) is 0 Å². The molecule has 1 N–H and O–H groups in total. The van der Waals surface area contributed by atoms with Crippen LogP contribution in [0.1, 0.15) is 100 Å². The van der Waals surface area contributed by atoms with Crippen LogP contribution in [0, 0.1) is 12.8 Å². The molecule has 150 valence electrons. The van der Waals surface area contributed by atoms with Gasteiger partial charge in [-0.2, -0.15) is 0 Å². The van der Waals surface area contributed by atoms with Crippen LogP contribution < -0.4 is 5.32 Å². The predicted octanol–water partition coefficient (Wildman–Crippen LogP) is 6.49. The third kappa shape index (κ3) is 8.28. The first-order valence-electron chi connectivity index (χ1n) is 10.9. The maximum Gasteiger partial charge on any atom is 0.162 e. The van der Waals surface area contributed by atoms with Crippen LogP contribution in [0.3, 0.4) is 0 Å². The third-order valence-electron chi connectivity index (χ3n) is 5.51. The largest absolute Gasteiger partial charge is 0.382 e. The summed E-state index contributed by atoms with van der Waals surface area (Å²) in [4.78, 5) is 24.4. The predicted molar refractivity (Wildman–Crippen MR) is 114 cm³/mol. The minimum atomic E-state index is 0.112. The smallest absolute Gasteiger partial charge is 0.162 e. The van der Waals surface area contributed by atoms with Crippen molar-refractivity contribution in [2.24, 2.45) is 5.92 Å². The molecule has 27 heavy (non-hydrogen) atoms. The lowest BCUT2D eigenvalue weighted by atomic mass is 10.0. The topological polar surface area (TPSA) is 46.2 Å². The molecule has 1 fully saturated rings. The van der Waals surface area contributed by atoms with Gasteiger partial charge in [0, 0.05) is 36.6 Å². The Morgan fingerprint density at radius 3 is 2.56 bits per heavy atom. The molecule has 0 radical (unpaired) electrons. The summed E-state index contributed by atoms with van der Waals surface area (Å²) in [6.07, 6.45) is 11.6. The van der Waals surface area contributed by atoms with Crippen molar-refractivity contribution in [3.05, 3.63) is 29.3 Å². The Morgan fingerprint density at radius 2 is 1.89 bits per heavy atom. The van der Waals surface area contributed by atoms with E-state index in [4.69, 9.17) is 0 Å². The molecular weight excluding hydrogens is 334 g/mol. The van der Waals surface area contributed by atoms with Crippen LogP contribution in [-0.2, 0) is 4.79 Å². The second-order valence-electron chi connectivity index (χ2n) is 8.39. The van der Waals surface area contributed by atoms with Gasteiger partial charge < -0.3 is 5.32 Å². The van der Waals surface area contributed by atoms with E-state index >= 15 is 0 Å². The zero-order valence-electron chi connectivity index (χ0n) is 17.5. The highest BCUT2D eigenvalue weighted by Crippen LogP contribution is 2.34. The number of hydrogen-bond acceptors (Lipinski definition) is 3. The molecule has 0 unspecified atom stereocenters. The van der Waals surface area contributed by atoms with Crippen LogP contribution in [0.4, 0.5) is 5.69 Å². The second-order valence-corrected chi connectivity index (χ2v) is 8.39. The normalized spacial score (nSPS) is 14.8. The van der Waals surface area contributed by atoms with Gasteiger partial charge in [-0.05, 0) is 56.4 Å². The number of ketones is 2. The second kappa shape index (κ2) is 11.3. The summed E-state index contributed by atoms with van der Waals surface area (Å²) in [5.74, 6) is 1.56. The van der Waals surface area contributed by atoms with E-state index in [9.17, 15) is 9.59 Å². The molecule has 3 heteroatoms. The fourth-order valence-electron chi connectivity index (χ4n) is 3.58. The third-order valence-corrected chi connectivity index (χ3v) is 5.51. The van der Waals surface area contributed by atoms with Gasteiger partial charge in [-0.1, -0.05) is 45.4 Å². The van der Waals surface area contributed by atoms with E-state index in [0.29, 0.717) is 25.0 Å². The number of carbonyl (C=O) groups is 2. The van der Waals surface area contributed by atoms with Crippen molar-refractivity contribution >= 4 is 17.3 Å². The van der Waals surface area contributed by atoms with Crippen molar-refractivity contribution in [1.29, 1.82) is 0 Å². The van der Waals surface area contributed by atoms with E-state index in [0.717, 1.165) is 42.0 Å². The number of rotatable bonds is 14. The van der Waals surface area contributed by atoms with Gasteiger partial charge >= 0.3 is 0 Å². The molecule has 0 aliphatic heterocycles. The molecule has 0 bridgehead atoms. The van der Waals surface area contributed by atoms with Gasteiger partial charge in [-0.25, -0.2) is 0 Å². The molecule has 0 aromatic heterocycles. The zero-order valence-corrected chi connectivity index (χ0v) is 17.5. The average Bonchev–Trinajstić information content (AvgIpc) is 3.45. The Bertz CT molecular complexity index is 619. The highest BCUT2D eigenvalue weighted by atomic mass is 16.1. The van der Waals surface area contributed by atoms with Crippen molar-refractivity contribution < 1.29 is 9.59 Å².